The number of piperidine rings is 4. The summed E-state index contributed by atoms with van der Waals surface area (Å²) in [6.45, 7) is 36.7. The highest BCUT2D eigenvalue weighted by molar-refractivity contribution is 5.41. The van der Waals surface area contributed by atoms with Crippen molar-refractivity contribution >= 4 is 0 Å². The van der Waals surface area contributed by atoms with Crippen molar-refractivity contribution in [2.45, 2.75) is 232 Å². The van der Waals surface area contributed by atoms with Crippen LogP contribution >= 0.6 is 0 Å². The van der Waals surface area contributed by atoms with Crippen molar-refractivity contribution in [1.29, 1.82) is 0 Å². The molecule has 8 aliphatic rings. The van der Waals surface area contributed by atoms with E-state index in [1.165, 1.54) is 195 Å². The number of aromatic nitrogens is 6. The smallest absolute Gasteiger partial charge is 0.146 e. The van der Waals surface area contributed by atoms with Gasteiger partial charge in [0.2, 0.25) is 0 Å². The Labute approximate surface area is 423 Å². The minimum Gasteiger partial charge on any atom is -0.361 e. The normalized spacial score (nSPS) is 23.2. The van der Waals surface area contributed by atoms with Crippen LogP contribution in [0.4, 0.5) is 0 Å². The van der Waals surface area contributed by atoms with Gasteiger partial charge in [0.05, 0.1) is 22.8 Å². The Morgan fingerprint density at radius 2 is 0.843 bits per heavy atom. The first kappa shape index (κ1) is 51.6. The Bertz CT molecular complexity index is 2230. The second kappa shape index (κ2) is 20.2. The molecule has 4 aliphatic heterocycles. The van der Waals surface area contributed by atoms with E-state index in [9.17, 15) is 0 Å². The van der Waals surface area contributed by atoms with E-state index in [4.69, 9.17) is 9.05 Å². The highest BCUT2D eigenvalue weighted by atomic mass is 16.5. The van der Waals surface area contributed by atoms with Crippen molar-refractivity contribution in [3.63, 3.8) is 0 Å². The lowest BCUT2D eigenvalue weighted by Gasteiger charge is -2.41. The summed E-state index contributed by atoms with van der Waals surface area (Å²) in [5.41, 5.74) is 15.5. The molecule has 0 atom stereocenters. The van der Waals surface area contributed by atoms with Gasteiger partial charge in [-0.25, -0.2) is 0 Å². The molecule has 0 N–H and O–H groups in total. The lowest BCUT2D eigenvalue weighted by atomic mass is 9.73. The summed E-state index contributed by atoms with van der Waals surface area (Å²) < 4.78 is 15.3. The van der Waals surface area contributed by atoms with E-state index < -0.39 is 0 Å². The standard InChI is InChI=1S/2C15H25N3.2C14H22N2O/c1-11(2)18-9-7-15(8-10-18)6-5-13-14(15)12(3)16-17(13)4;1-11(2)18-9-7-15(8-10-18)6-5-13-12(3)16-17(4)14(13)15;1-10(2)16-8-6-14(7-9-16)5-4-12-11(3)17-15-13(12)14;1-10(2)16-8-6-14(7-9-16)5-4-12-11(3)15-17-13(12)14/h2*11H,5-10H2,1-4H3;2*10H,4-9H2,1-3H3. The maximum absolute atomic E-state index is 5.63. The highest BCUT2D eigenvalue weighted by Gasteiger charge is 2.48. The third-order valence-corrected chi connectivity index (χ3v) is 20.0. The molecule has 4 spiro atoms. The maximum atomic E-state index is 5.63. The summed E-state index contributed by atoms with van der Waals surface area (Å²) in [7, 11) is 4.24. The van der Waals surface area contributed by atoms with Crippen LogP contribution in [0, 0.1) is 27.7 Å². The lowest BCUT2D eigenvalue weighted by molar-refractivity contribution is 0.112. The summed E-state index contributed by atoms with van der Waals surface area (Å²) in [4.78, 5) is 10.4. The maximum Gasteiger partial charge on any atom is 0.146 e. The molecule has 8 heterocycles. The molecular weight excluding hydrogens is 869 g/mol. The van der Waals surface area contributed by atoms with E-state index in [2.05, 4.69) is 140 Å². The van der Waals surface area contributed by atoms with Gasteiger partial charge < -0.3 is 28.6 Å². The Balaban J connectivity index is 0.000000116. The fourth-order valence-corrected chi connectivity index (χ4v) is 15.3. The SMILES string of the molecule is Cc1nn(C)c2c1C1(CC2)CCN(C(C)C)CC1.Cc1nn(C)c2c1CCC21CCN(C(C)C)CC1.Cc1noc2c1CCC21CCN(C(C)C)CC1.Cc1onc2c1CCC21CCN(C(C)C)CC1. The summed E-state index contributed by atoms with van der Waals surface area (Å²) in [5, 5.41) is 17.8. The molecule has 4 aromatic rings. The Morgan fingerprint density at radius 1 is 0.414 bits per heavy atom. The van der Waals surface area contributed by atoms with E-state index >= 15 is 0 Å². The van der Waals surface area contributed by atoms with Crippen LogP contribution in [0.1, 0.15) is 200 Å². The van der Waals surface area contributed by atoms with Crippen molar-refractivity contribution in [3.05, 3.63) is 67.9 Å². The second-order valence-electron chi connectivity index (χ2n) is 24.8. The summed E-state index contributed by atoms with van der Waals surface area (Å²) in [6, 6.07) is 2.73. The van der Waals surface area contributed by atoms with Crippen molar-refractivity contribution in [2.75, 3.05) is 52.4 Å². The molecule has 0 saturated carbocycles. The number of fused-ring (bicyclic) bond motifs is 8. The largest absolute Gasteiger partial charge is 0.361 e. The van der Waals surface area contributed by atoms with Crippen molar-refractivity contribution in [1.82, 2.24) is 49.5 Å². The van der Waals surface area contributed by atoms with Crippen LogP contribution in [0.25, 0.3) is 0 Å². The molecule has 0 unspecified atom stereocenters. The van der Waals surface area contributed by atoms with E-state index in [0.29, 0.717) is 45.8 Å². The van der Waals surface area contributed by atoms with E-state index in [1.54, 1.807) is 16.8 Å². The molecule has 12 heteroatoms. The molecule has 12 rings (SSSR count). The van der Waals surface area contributed by atoms with Crippen LogP contribution in [-0.4, -0.2) is 126 Å². The van der Waals surface area contributed by atoms with Gasteiger partial charge in [0.15, 0.2) is 0 Å². The Kier molecular flexibility index (Phi) is 14.9. The number of hydrogen-bond acceptors (Lipinski definition) is 10. The van der Waals surface area contributed by atoms with Gasteiger partial charge in [-0.2, -0.15) is 10.2 Å². The molecule has 0 bridgehead atoms. The zero-order valence-corrected chi connectivity index (χ0v) is 46.6. The molecular formula is C58H94N10O2. The predicted molar refractivity (Wildman–Crippen MR) is 282 cm³/mol. The topological polar surface area (TPSA) is 101 Å². The molecule has 70 heavy (non-hydrogen) atoms. The monoisotopic (exact) mass is 963 g/mol. The molecule has 4 aromatic heterocycles. The quantitative estimate of drug-likeness (QED) is 0.197. The molecule has 388 valence electrons. The fourth-order valence-electron chi connectivity index (χ4n) is 15.3. The first-order chi connectivity index (χ1) is 33.3. The van der Waals surface area contributed by atoms with E-state index in [0.717, 1.165) is 11.5 Å². The van der Waals surface area contributed by atoms with Gasteiger partial charge in [-0.1, -0.05) is 10.3 Å². The average molecular weight is 963 g/mol. The summed E-state index contributed by atoms with van der Waals surface area (Å²) >= 11 is 0. The molecule has 12 nitrogen and oxygen atoms in total. The van der Waals surface area contributed by atoms with Gasteiger partial charge in [0.25, 0.3) is 0 Å². The molecule has 4 fully saturated rings. The van der Waals surface area contributed by atoms with Crippen molar-refractivity contribution < 1.29 is 9.05 Å². The van der Waals surface area contributed by atoms with Gasteiger partial charge in [0.1, 0.15) is 11.5 Å². The van der Waals surface area contributed by atoms with Crippen LogP contribution in [0.15, 0.2) is 9.05 Å². The van der Waals surface area contributed by atoms with Gasteiger partial charge in [0, 0.05) is 88.0 Å². The summed E-state index contributed by atoms with van der Waals surface area (Å²) in [6.07, 6.45) is 20.4. The summed E-state index contributed by atoms with van der Waals surface area (Å²) in [5.74, 6) is 2.27. The number of likely N-dealkylation sites (tertiary alicyclic amines) is 4. The third-order valence-electron chi connectivity index (χ3n) is 20.0. The first-order valence-electron chi connectivity index (χ1n) is 28.2. The fraction of sp³-hybridized carbons (Fsp3) is 0.793. The van der Waals surface area contributed by atoms with Crippen LogP contribution in [0.3, 0.4) is 0 Å². The van der Waals surface area contributed by atoms with E-state index in [1.807, 2.05) is 6.92 Å². The minimum atomic E-state index is 0.321. The number of nitrogens with zero attached hydrogens (tertiary/aromatic N) is 10. The Morgan fingerprint density at radius 3 is 1.39 bits per heavy atom. The third kappa shape index (κ3) is 9.44. The van der Waals surface area contributed by atoms with Gasteiger partial charge in [-0.15, -0.1) is 0 Å². The molecule has 0 amide bonds. The zero-order valence-electron chi connectivity index (χ0n) is 46.6. The van der Waals surface area contributed by atoms with Crippen LogP contribution in [-0.2, 0) is 61.4 Å². The van der Waals surface area contributed by atoms with E-state index in [-0.39, 0.29) is 0 Å². The first-order valence-corrected chi connectivity index (χ1v) is 28.2. The average Bonchev–Trinajstić information content (AvgIpc) is 4.23. The van der Waals surface area contributed by atoms with Crippen LogP contribution < -0.4 is 0 Å². The molecule has 4 aliphatic carbocycles. The number of aryl methyl sites for hydroxylation is 6. The van der Waals surface area contributed by atoms with Gasteiger partial charge in [-0.05, 0) is 244 Å². The highest BCUT2D eigenvalue weighted by Crippen LogP contribution is 2.51. The number of hydrogen-bond donors (Lipinski definition) is 0. The second-order valence-corrected chi connectivity index (χ2v) is 24.8. The lowest BCUT2D eigenvalue weighted by Crippen LogP contribution is -2.45. The molecule has 0 aromatic carbocycles. The van der Waals surface area contributed by atoms with Crippen LogP contribution in [0.2, 0.25) is 0 Å². The number of rotatable bonds is 4. The minimum absolute atomic E-state index is 0.321. The molecule has 4 saturated heterocycles. The van der Waals surface area contributed by atoms with Gasteiger partial charge >= 0.3 is 0 Å². The Hall–Kier alpha value is -3.32. The zero-order chi connectivity index (χ0) is 49.9. The van der Waals surface area contributed by atoms with Crippen molar-refractivity contribution in [2.24, 2.45) is 14.1 Å². The van der Waals surface area contributed by atoms with Crippen molar-refractivity contribution in [3.8, 4) is 0 Å². The molecule has 0 radical (unpaired) electrons. The van der Waals surface area contributed by atoms with Gasteiger partial charge in [-0.3, -0.25) is 9.36 Å². The predicted octanol–water partition coefficient (Wildman–Crippen LogP) is 10.2. The van der Waals surface area contributed by atoms with Crippen LogP contribution in [0.5, 0.6) is 0 Å².